The number of rotatable bonds is 2. The van der Waals surface area contributed by atoms with E-state index in [-0.39, 0.29) is 0 Å². The van der Waals surface area contributed by atoms with Crippen LogP contribution in [0.15, 0.2) is 48.7 Å². The number of carbonyl (C=O) groups is 1. The van der Waals surface area contributed by atoms with Crippen molar-refractivity contribution in [1.29, 1.82) is 0 Å². The third kappa shape index (κ3) is 2.08. The minimum atomic E-state index is -0.419. The van der Waals surface area contributed by atoms with Crippen molar-refractivity contribution in [3.8, 4) is 11.1 Å². The zero-order chi connectivity index (χ0) is 11.4. The molecular formula is C13H11NO2. The van der Waals surface area contributed by atoms with Gasteiger partial charge >= 0.3 is 5.97 Å². The van der Waals surface area contributed by atoms with Crippen molar-refractivity contribution < 1.29 is 9.53 Å². The molecule has 0 unspecified atom stereocenters. The quantitative estimate of drug-likeness (QED) is 0.719. The Morgan fingerprint density at radius 2 is 1.88 bits per heavy atom. The van der Waals surface area contributed by atoms with Crippen molar-refractivity contribution in [3.05, 3.63) is 54.4 Å². The lowest BCUT2D eigenvalue weighted by molar-refractivity contribution is 0.0594. The lowest BCUT2D eigenvalue weighted by Crippen LogP contribution is -2.03. The number of pyridine rings is 1. The fourth-order valence-electron chi connectivity index (χ4n) is 1.46. The number of methoxy groups -OCH3 is 1. The maximum atomic E-state index is 11.3. The van der Waals surface area contributed by atoms with E-state index in [0.717, 1.165) is 11.1 Å². The molecule has 0 N–H and O–H groups in total. The number of hydrogen-bond donors (Lipinski definition) is 0. The zero-order valence-corrected chi connectivity index (χ0v) is 8.88. The highest BCUT2D eigenvalue weighted by Crippen LogP contribution is 2.18. The second kappa shape index (κ2) is 4.57. The van der Waals surface area contributed by atoms with Gasteiger partial charge in [-0.15, -0.1) is 0 Å². The van der Waals surface area contributed by atoms with Crippen molar-refractivity contribution in [2.45, 2.75) is 0 Å². The average Bonchev–Trinajstić information content (AvgIpc) is 2.39. The summed E-state index contributed by atoms with van der Waals surface area (Å²) < 4.78 is 4.63. The predicted molar refractivity (Wildman–Crippen MR) is 61.0 cm³/mol. The van der Waals surface area contributed by atoms with Gasteiger partial charge in [-0.25, -0.2) is 9.78 Å². The fourth-order valence-corrected chi connectivity index (χ4v) is 1.46. The first-order valence-electron chi connectivity index (χ1n) is 4.91. The minimum Gasteiger partial charge on any atom is -0.464 e. The van der Waals surface area contributed by atoms with Gasteiger partial charge in [0.05, 0.1) is 7.11 Å². The van der Waals surface area contributed by atoms with Crippen LogP contribution in [0.3, 0.4) is 0 Å². The number of nitrogens with zero attached hydrogens (tertiary/aromatic N) is 1. The Hall–Kier alpha value is -2.16. The average molecular weight is 213 g/mol. The Kier molecular flexibility index (Phi) is 2.96. The lowest BCUT2D eigenvalue weighted by atomic mass is 10.1. The van der Waals surface area contributed by atoms with Crippen molar-refractivity contribution in [3.63, 3.8) is 0 Å². The summed E-state index contributed by atoms with van der Waals surface area (Å²) in [5.74, 6) is -0.419. The van der Waals surface area contributed by atoms with Crippen molar-refractivity contribution in [1.82, 2.24) is 4.98 Å². The summed E-state index contributed by atoms with van der Waals surface area (Å²) in [6.07, 6.45) is 1.61. The van der Waals surface area contributed by atoms with Crippen LogP contribution in [0.2, 0.25) is 0 Å². The molecule has 0 radical (unpaired) electrons. The molecule has 1 heterocycles. The number of esters is 1. The van der Waals surface area contributed by atoms with E-state index >= 15 is 0 Å². The van der Waals surface area contributed by atoms with Crippen LogP contribution in [0.1, 0.15) is 10.5 Å². The van der Waals surface area contributed by atoms with Gasteiger partial charge in [0.1, 0.15) is 5.69 Å². The molecule has 0 fully saturated rings. The highest BCUT2D eigenvalue weighted by Gasteiger charge is 2.07. The topological polar surface area (TPSA) is 39.2 Å². The molecule has 0 saturated carbocycles. The van der Waals surface area contributed by atoms with Crippen molar-refractivity contribution >= 4 is 5.97 Å². The van der Waals surface area contributed by atoms with Crippen LogP contribution in [0, 0.1) is 0 Å². The van der Waals surface area contributed by atoms with E-state index in [4.69, 9.17) is 0 Å². The highest BCUT2D eigenvalue weighted by molar-refractivity contribution is 5.88. The number of ether oxygens (including phenoxy) is 1. The molecule has 3 nitrogen and oxygen atoms in total. The third-order valence-electron chi connectivity index (χ3n) is 2.26. The largest absolute Gasteiger partial charge is 0.464 e. The van der Waals surface area contributed by atoms with E-state index in [1.807, 2.05) is 36.4 Å². The summed E-state index contributed by atoms with van der Waals surface area (Å²) in [4.78, 5) is 15.3. The molecule has 2 aromatic rings. The van der Waals surface area contributed by atoms with E-state index in [0.29, 0.717) is 5.69 Å². The van der Waals surface area contributed by atoms with Gasteiger partial charge in [0.25, 0.3) is 0 Å². The monoisotopic (exact) mass is 213 g/mol. The first kappa shape index (κ1) is 10.4. The Morgan fingerprint density at radius 3 is 2.56 bits per heavy atom. The van der Waals surface area contributed by atoms with Gasteiger partial charge in [-0.2, -0.15) is 0 Å². The van der Waals surface area contributed by atoms with Crippen LogP contribution in [-0.4, -0.2) is 18.1 Å². The summed E-state index contributed by atoms with van der Waals surface area (Å²) in [6, 6.07) is 13.4. The Morgan fingerprint density at radius 1 is 1.12 bits per heavy atom. The van der Waals surface area contributed by atoms with E-state index in [1.165, 1.54) is 7.11 Å². The van der Waals surface area contributed by atoms with Crippen LogP contribution in [0.25, 0.3) is 11.1 Å². The minimum absolute atomic E-state index is 0.323. The highest BCUT2D eigenvalue weighted by atomic mass is 16.5. The first-order valence-corrected chi connectivity index (χ1v) is 4.91. The van der Waals surface area contributed by atoms with Crippen molar-refractivity contribution in [2.24, 2.45) is 0 Å². The summed E-state index contributed by atoms with van der Waals surface area (Å²) in [6.45, 7) is 0. The van der Waals surface area contributed by atoms with Crippen LogP contribution in [-0.2, 0) is 4.74 Å². The van der Waals surface area contributed by atoms with E-state index < -0.39 is 5.97 Å². The van der Waals surface area contributed by atoms with Crippen LogP contribution in [0.5, 0.6) is 0 Å². The predicted octanol–water partition coefficient (Wildman–Crippen LogP) is 2.54. The molecule has 2 rings (SSSR count). The molecule has 0 aliphatic heterocycles. The van der Waals surface area contributed by atoms with Crippen LogP contribution < -0.4 is 0 Å². The van der Waals surface area contributed by atoms with E-state index in [1.54, 1.807) is 12.3 Å². The number of carbonyl (C=O) groups excluding carboxylic acids is 1. The molecule has 1 aromatic carbocycles. The molecule has 3 heteroatoms. The molecule has 0 spiro atoms. The molecule has 80 valence electrons. The normalized spacial score (nSPS) is 9.81. The second-order valence-corrected chi connectivity index (χ2v) is 3.29. The molecule has 16 heavy (non-hydrogen) atoms. The number of aromatic nitrogens is 1. The van der Waals surface area contributed by atoms with E-state index in [9.17, 15) is 4.79 Å². The summed E-state index contributed by atoms with van der Waals surface area (Å²) in [5, 5.41) is 0. The lowest BCUT2D eigenvalue weighted by Gasteiger charge is -2.03. The maximum absolute atomic E-state index is 11.3. The van der Waals surface area contributed by atoms with Gasteiger partial charge in [-0.3, -0.25) is 0 Å². The van der Waals surface area contributed by atoms with Crippen LogP contribution >= 0.6 is 0 Å². The Bertz CT molecular complexity index is 494. The third-order valence-corrected chi connectivity index (χ3v) is 2.26. The smallest absolute Gasteiger partial charge is 0.356 e. The van der Waals surface area contributed by atoms with Gasteiger partial charge < -0.3 is 4.74 Å². The van der Waals surface area contributed by atoms with Gasteiger partial charge in [0, 0.05) is 6.20 Å². The molecule has 0 aliphatic rings. The van der Waals surface area contributed by atoms with E-state index in [2.05, 4.69) is 9.72 Å². The van der Waals surface area contributed by atoms with Crippen LogP contribution in [0.4, 0.5) is 0 Å². The SMILES string of the molecule is COC(=O)c1cc(-c2ccccc2)ccn1. The van der Waals surface area contributed by atoms with Gasteiger partial charge in [0.15, 0.2) is 0 Å². The number of benzene rings is 1. The Labute approximate surface area is 93.7 Å². The maximum Gasteiger partial charge on any atom is 0.356 e. The van der Waals surface area contributed by atoms with Gasteiger partial charge in [-0.1, -0.05) is 30.3 Å². The summed E-state index contributed by atoms with van der Waals surface area (Å²) >= 11 is 0. The van der Waals surface area contributed by atoms with Gasteiger partial charge in [0.2, 0.25) is 0 Å². The second-order valence-electron chi connectivity index (χ2n) is 3.29. The Balaban J connectivity index is 2.40. The molecule has 0 aliphatic carbocycles. The molecule has 0 atom stereocenters. The molecule has 0 bridgehead atoms. The molecular weight excluding hydrogens is 202 g/mol. The molecule has 0 saturated heterocycles. The summed E-state index contributed by atoms with van der Waals surface area (Å²) in [7, 11) is 1.35. The van der Waals surface area contributed by atoms with Gasteiger partial charge in [-0.05, 0) is 23.3 Å². The summed E-state index contributed by atoms with van der Waals surface area (Å²) in [5.41, 5.74) is 2.33. The standard InChI is InChI=1S/C13H11NO2/c1-16-13(15)12-9-11(7-8-14-12)10-5-3-2-4-6-10/h2-9H,1H3. The zero-order valence-electron chi connectivity index (χ0n) is 8.88. The molecule has 1 aromatic heterocycles. The fraction of sp³-hybridized carbons (Fsp3) is 0.0769. The first-order chi connectivity index (χ1) is 7.81. The number of hydrogen-bond acceptors (Lipinski definition) is 3. The van der Waals surface area contributed by atoms with Crippen molar-refractivity contribution in [2.75, 3.05) is 7.11 Å². The molecule has 0 amide bonds.